The summed E-state index contributed by atoms with van der Waals surface area (Å²) in [6.07, 6.45) is 8.54. The SMILES string of the molecule is CN1Cc2c(NC(=O)CCCCCCC(=O)CCCCCCOP(C)(=O)[O-])cccc2C(c2ccccc2)C1. The maximum absolute atomic E-state index is 12.7. The zero-order valence-corrected chi connectivity index (χ0v) is 24.4. The van der Waals surface area contributed by atoms with Crippen molar-refractivity contribution in [1.29, 1.82) is 0 Å². The molecule has 0 saturated heterocycles. The first kappa shape index (κ1) is 31.2. The van der Waals surface area contributed by atoms with Crippen molar-refractivity contribution in [2.75, 3.05) is 32.2 Å². The number of hydrogen-bond donors (Lipinski definition) is 1. The monoisotopic (exact) mass is 555 g/mol. The number of rotatable bonds is 17. The van der Waals surface area contributed by atoms with Crippen molar-refractivity contribution in [3.63, 3.8) is 0 Å². The topological polar surface area (TPSA) is 98.8 Å². The van der Waals surface area contributed by atoms with Crippen LogP contribution in [0.3, 0.4) is 0 Å². The minimum atomic E-state index is -3.63. The molecule has 0 bridgehead atoms. The van der Waals surface area contributed by atoms with E-state index >= 15 is 0 Å². The number of ketones is 1. The molecule has 1 aliphatic rings. The average molecular weight is 556 g/mol. The predicted molar refractivity (Wildman–Crippen MR) is 155 cm³/mol. The number of hydrogen-bond acceptors (Lipinski definition) is 6. The van der Waals surface area contributed by atoms with Gasteiger partial charge >= 0.3 is 0 Å². The summed E-state index contributed by atoms with van der Waals surface area (Å²) in [5.74, 6) is 0.627. The van der Waals surface area contributed by atoms with Crippen molar-refractivity contribution in [3.8, 4) is 0 Å². The molecule has 1 amide bonds. The number of likely N-dealkylation sites (N-methyl/N-ethyl adjacent to an activating group) is 1. The van der Waals surface area contributed by atoms with Gasteiger partial charge < -0.3 is 24.2 Å². The first-order valence-electron chi connectivity index (χ1n) is 14.3. The van der Waals surface area contributed by atoms with Gasteiger partial charge in [-0.1, -0.05) is 68.1 Å². The average Bonchev–Trinajstić information content (AvgIpc) is 2.90. The second kappa shape index (κ2) is 16.1. The summed E-state index contributed by atoms with van der Waals surface area (Å²) in [5.41, 5.74) is 4.71. The highest BCUT2D eigenvalue weighted by Gasteiger charge is 2.26. The van der Waals surface area contributed by atoms with Crippen LogP contribution < -0.4 is 10.2 Å². The molecule has 8 heteroatoms. The number of anilines is 1. The molecule has 7 nitrogen and oxygen atoms in total. The van der Waals surface area contributed by atoms with Gasteiger partial charge in [-0.15, -0.1) is 0 Å². The highest BCUT2D eigenvalue weighted by atomic mass is 31.2. The van der Waals surface area contributed by atoms with E-state index in [2.05, 4.69) is 47.6 Å². The molecule has 0 radical (unpaired) electrons. The third kappa shape index (κ3) is 11.4. The molecule has 3 rings (SSSR count). The summed E-state index contributed by atoms with van der Waals surface area (Å²) in [6.45, 7) is 3.08. The molecule has 0 spiro atoms. The van der Waals surface area contributed by atoms with E-state index in [0.717, 1.165) is 70.4 Å². The number of nitrogens with zero attached hydrogens (tertiary/aromatic N) is 1. The predicted octanol–water partition coefficient (Wildman–Crippen LogP) is 6.26. The molecule has 1 N–H and O–H groups in total. The van der Waals surface area contributed by atoms with Gasteiger partial charge in [-0.3, -0.25) is 9.59 Å². The molecular weight excluding hydrogens is 511 g/mol. The van der Waals surface area contributed by atoms with Crippen LogP contribution in [0.2, 0.25) is 0 Å². The lowest BCUT2D eigenvalue weighted by Gasteiger charge is -2.34. The number of amides is 1. The highest BCUT2D eigenvalue weighted by Crippen LogP contribution is 2.36. The van der Waals surface area contributed by atoms with Crippen molar-refractivity contribution in [2.45, 2.75) is 83.1 Å². The Morgan fingerprint density at radius 2 is 1.56 bits per heavy atom. The van der Waals surface area contributed by atoms with E-state index < -0.39 is 7.60 Å². The lowest BCUT2D eigenvalue weighted by molar-refractivity contribution is -0.196. The largest absolute Gasteiger partial charge is 0.779 e. The summed E-state index contributed by atoms with van der Waals surface area (Å²) in [5, 5.41) is 3.16. The first-order chi connectivity index (χ1) is 18.7. The van der Waals surface area contributed by atoms with E-state index in [9.17, 15) is 19.0 Å². The molecule has 1 heterocycles. The van der Waals surface area contributed by atoms with Gasteiger partial charge in [-0.2, -0.15) is 0 Å². The number of unbranched alkanes of at least 4 members (excludes halogenated alkanes) is 6. The molecular formula is C31H44N2O5P-. The van der Waals surface area contributed by atoms with E-state index in [-0.39, 0.29) is 18.3 Å². The quantitative estimate of drug-likeness (QED) is 0.183. The van der Waals surface area contributed by atoms with Crippen LogP contribution in [-0.4, -0.2) is 43.5 Å². The molecule has 39 heavy (non-hydrogen) atoms. The normalized spacial score (nSPS) is 16.8. The second-order valence-electron chi connectivity index (χ2n) is 10.8. The molecule has 0 fully saturated rings. The number of nitrogens with one attached hydrogen (secondary N) is 1. The van der Waals surface area contributed by atoms with Crippen LogP contribution >= 0.6 is 7.60 Å². The van der Waals surface area contributed by atoms with Crippen LogP contribution in [-0.2, 0) is 25.2 Å². The Labute approximate surface area is 233 Å². The van der Waals surface area contributed by atoms with Gasteiger partial charge in [0.2, 0.25) is 5.91 Å². The second-order valence-corrected chi connectivity index (χ2v) is 12.6. The molecule has 0 aliphatic carbocycles. The minimum Gasteiger partial charge on any atom is -0.779 e. The molecule has 0 saturated carbocycles. The third-order valence-electron chi connectivity index (χ3n) is 7.27. The van der Waals surface area contributed by atoms with E-state index in [1.165, 1.54) is 16.7 Å². The molecule has 2 aromatic rings. The number of Topliss-reactive ketones (excluding diaryl/α,β-unsaturated/α-hetero) is 1. The fraction of sp³-hybridized carbons (Fsp3) is 0.548. The van der Waals surface area contributed by atoms with Crippen molar-refractivity contribution in [3.05, 3.63) is 65.2 Å². The lowest BCUT2D eigenvalue weighted by Crippen LogP contribution is -2.32. The van der Waals surface area contributed by atoms with Crippen molar-refractivity contribution >= 4 is 25.0 Å². The van der Waals surface area contributed by atoms with E-state index in [1.54, 1.807) is 0 Å². The van der Waals surface area contributed by atoms with Crippen molar-refractivity contribution in [1.82, 2.24) is 4.90 Å². The van der Waals surface area contributed by atoms with Gasteiger partial charge in [0.15, 0.2) is 0 Å². The van der Waals surface area contributed by atoms with Gasteiger partial charge in [0.25, 0.3) is 0 Å². The van der Waals surface area contributed by atoms with Crippen LogP contribution in [0.25, 0.3) is 0 Å². The molecule has 2 atom stereocenters. The Kier molecular flexibility index (Phi) is 12.9. The third-order valence-corrected chi connectivity index (χ3v) is 7.92. The van der Waals surface area contributed by atoms with Crippen LogP contribution in [0.4, 0.5) is 5.69 Å². The first-order valence-corrected chi connectivity index (χ1v) is 16.3. The fourth-order valence-corrected chi connectivity index (χ4v) is 5.71. The summed E-state index contributed by atoms with van der Waals surface area (Å²) >= 11 is 0. The van der Waals surface area contributed by atoms with Gasteiger partial charge in [-0.25, -0.2) is 0 Å². The van der Waals surface area contributed by atoms with Crippen LogP contribution in [0.1, 0.15) is 93.2 Å². The maximum Gasteiger partial charge on any atom is 0.224 e. The molecule has 0 aromatic heterocycles. The summed E-state index contributed by atoms with van der Waals surface area (Å²) in [6, 6.07) is 16.8. The smallest absolute Gasteiger partial charge is 0.224 e. The Morgan fingerprint density at radius 3 is 2.23 bits per heavy atom. The summed E-state index contributed by atoms with van der Waals surface area (Å²) in [7, 11) is -1.50. The van der Waals surface area contributed by atoms with E-state index in [1.807, 2.05) is 18.2 Å². The zero-order valence-electron chi connectivity index (χ0n) is 23.5. The van der Waals surface area contributed by atoms with Gasteiger partial charge in [0.05, 0.1) is 6.61 Å². The molecule has 2 unspecified atom stereocenters. The Hall–Kier alpha value is -2.31. The number of fused-ring (bicyclic) bond motifs is 1. The number of carbonyl (C=O) groups is 2. The highest BCUT2D eigenvalue weighted by molar-refractivity contribution is 7.50. The Morgan fingerprint density at radius 1 is 0.923 bits per heavy atom. The number of benzene rings is 2. The summed E-state index contributed by atoms with van der Waals surface area (Å²) in [4.78, 5) is 38.1. The van der Waals surface area contributed by atoms with Crippen molar-refractivity contribution < 1.29 is 23.6 Å². The lowest BCUT2D eigenvalue weighted by atomic mass is 9.84. The van der Waals surface area contributed by atoms with Crippen LogP contribution in [0.15, 0.2) is 48.5 Å². The Balaban J connectivity index is 1.30. The number of carbonyl (C=O) groups excluding carboxylic acids is 2. The molecule has 2 aromatic carbocycles. The minimum absolute atomic E-state index is 0.0476. The van der Waals surface area contributed by atoms with Crippen LogP contribution in [0, 0.1) is 0 Å². The van der Waals surface area contributed by atoms with Gasteiger partial charge in [0, 0.05) is 50.6 Å². The van der Waals surface area contributed by atoms with Crippen LogP contribution in [0.5, 0.6) is 0 Å². The zero-order chi connectivity index (χ0) is 28.1. The van der Waals surface area contributed by atoms with E-state index in [0.29, 0.717) is 31.6 Å². The van der Waals surface area contributed by atoms with Gasteiger partial charge in [0.1, 0.15) is 13.4 Å². The molecule has 1 aliphatic heterocycles. The van der Waals surface area contributed by atoms with Crippen molar-refractivity contribution in [2.24, 2.45) is 0 Å². The Bertz CT molecular complexity index is 1100. The summed E-state index contributed by atoms with van der Waals surface area (Å²) < 4.78 is 15.7. The maximum atomic E-state index is 12.7. The fourth-order valence-electron chi connectivity index (χ4n) is 5.25. The standard InChI is InChI=1S/C31H45N2O5P/c1-33-23-28(25-15-8-7-9-16-25)27-19-14-20-30(29(27)24-33)32-31(35)21-12-4-3-10-17-26(34)18-11-5-6-13-22-38-39(2,36)37/h7-9,14-16,19-20,28H,3-6,10-13,17-18,21-24H2,1-2H3,(H,32,35)(H,36,37)/p-1. The molecule has 214 valence electrons. The van der Waals surface area contributed by atoms with Gasteiger partial charge in [-0.05, 0) is 55.5 Å². The van der Waals surface area contributed by atoms with E-state index in [4.69, 9.17) is 4.52 Å².